The minimum Gasteiger partial charge on any atom is -0.264 e. The van der Waals surface area contributed by atoms with E-state index in [9.17, 15) is 4.39 Å². The summed E-state index contributed by atoms with van der Waals surface area (Å²) in [5.74, 6) is 0.478. The first kappa shape index (κ1) is 20.9. The fourth-order valence-electron chi connectivity index (χ4n) is 4.10. The van der Waals surface area contributed by atoms with Crippen LogP contribution in [-0.4, -0.2) is 9.97 Å². The highest BCUT2D eigenvalue weighted by atomic mass is 19.1. The largest absolute Gasteiger partial charge is 0.264 e. The highest BCUT2D eigenvalue weighted by molar-refractivity contribution is 5.68. The molecule has 31 heavy (non-hydrogen) atoms. The average Bonchev–Trinajstić information content (AvgIpc) is 2.79. The lowest BCUT2D eigenvalue weighted by Gasteiger charge is -2.20. The van der Waals surface area contributed by atoms with Crippen LogP contribution in [0.4, 0.5) is 4.39 Å². The van der Waals surface area contributed by atoms with E-state index >= 15 is 0 Å². The summed E-state index contributed by atoms with van der Waals surface area (Å²) in [6, 6.07) is 21.7. The maximum Gasteiger partial charge on any atom is 0.123 e. The van der Waals surface area contributed by atoms with E-state index in [2.05, 4.69) is 60.2 Å². The van der Waals surface area contributed by atoms with E-state index in [-0.39, 0.29) is 11.7 Å². The zero-order chi connectivity index (χ0) is 21.6. The zero-order valence-electron chi connectivity index (χ0n) is 18.0. The van der Waals surface area contributed by atoms with Crippen molar-refractivity contribution in [2.45, 2.75) is 32.6 Å². The molecule has 2 aromatic heterocycles. The van der Waals surface area contributed by atoms with E-state index in [0.717, 1.165) is 40.7 Å². The first-order chi connectivity index (χ1) is 15.1. The summed E-state index contributed by atoms with van der Waals surface area (Å²) >= 11 is 0. The number of hydrogen-bond acceptors (Lipinski definition) is 2. The third-order valence-corrected chi connectivity index (χ3v) is 5.58. The summed E-state index contributed by atoms with van der Waals surface area (Å²) in [6.07, 6.45) is 9.15. The molecule has 2 heterocycles. The van der Waals surface area contributed by atoms with Gasteiger partial charge in [-0.2, -0.15) is 0 Å². The van der Waals surface area contributed by atoms with Gasteiger partial charge in [0.25, 0.3) is 0 Å². The van der Waals surface area contributed by atoms with Crippen LogP contribution in [0.25, 0.3) is 11.1 Å². The molecule has 0 aliphatic heterocycles. The Kier molecular flexibility index (Phi) is 6.51. The second kappa shape index (κ2) is 9.65. The lowest BCUT2D eigenvalue weighted by atomic mass is 9.85. The maximum absolute atomic E-state index is 14.2. The number of hydrogen-bond donors (Lipinski definition) is 0. The molecular weight excluding hydrogens is 383 g/mol. The van der Waals surface area contributed by atoms with Gasteiger partial charge in [0.05, 0.1) is 0 Å². The van der Waals surface area contributed by atoms with Gasteiger partial charge in [0.15, 0.2) is 0 Å². The molecule has 2 nitrogen and oxygen atoms in total. The molecule has 0 radical (unpaired) electrons. The van der Waals surface area contributed by atoms with E-state index in [0.29, 0.717) is 5.92 Å². The van der Waals surface area contributed by atoms with Crippen LogP contribution in [0.1, 0.15) is 42.0 Å². The van der Waals surface area contributed by atoms with Crippen LogP contribution in [0.5, 0.6) is 0 Å². The summed E-state index contributed by atoms with van der Waals surface area (Å²) in [5, 5.41) is 0. The monoisotopic (exact) mass is 410 g/mol. The molecule has 0 bridgehead atoms. The second-order valence-corrected chi connectivity index (χ2v) is 8.43. The van der Waals surface area contributed by atoms with Crippen molar-refractivity contribution in [2.24, 2.45) is 5.92 Å². The van der Waals surface area contributed by atoms with Gasteiger partial charge in [0.1, 0.15) is 5.82 Å². The number of pyridine rings is 2. The third-order valence-electron chi connectivity index (χ3n) is 5.58. The van der Waals surface area contributed by atoms with Gasteiger partial charge in [-0.1, -0.05) is 56.3 Å². The molecule has 0 fully saturated rings. The molecule has 4 rings (SSSR count). The van der Waals surface area contributed by atoms with Crippen molar-refractivity contribution in [2.75, 3.05) is 0 Å². The number of aromatic nitrogens is 2. The molecule has 0 atom stereocenters. The number of rotatable bonds is 7. The number of halogens is 1. The Hall–Kier alpha value is -3.33. The lowest BCUT2D eigenvalue weighted by molar-refractivity contribution is 0.627. The quantitative estimate of drug-likeness (QED) is 0.333. The molecule has 0 aliphatic carbocycles. The molecule has 0 amide bonds. The Balaban J connectivity index is 1.72. The van der Waals surface area contributed by atoms with Crippen LogP contribution in [0.2, 0.25) is 0 Å². The van der Waals surface area contributed by atoms with Gasteiger partial charge in [-0.05, 0) is 76.4 Å². The van der Waals surface area contributed by atoms with Crippen LogP contribution in [0.3, 0.4) is 0 Å². The van der Waals surface area contributed by atoms with Gasteiger partial charge in [0, 0.05) is 30.7 Å². The van der Waals surface area contributed by atoms with Gasteiger partial charge in [-0.3, -0.25) is 9.97 Å². The topological polar surface area (TPSA) is 25.8 Å². The predicted octanol–water partition coefficient (Wildman–Crippen LogP) is 6.86. The minimum atomic E-state index is -0.218. The molecule has 4 aromatic rings. The average molecular weight is 411 g/mol. The SMILES string of the molecule is CC(C)Cc1ccc(-c2cc(F)ccc2CC(c2cccnc2)c2cccnc2)cc1. The first-order valence-electron chi connectivity index (χ1n) is 10.8. The first-order valence-corrected chi connectivity index (χ1v) is 10.8. The van der Waals surface area contributed by atoms with Gasteiger partial charge >= 0.3 is 0 Å². The third kappa shape index (κ3) is 5.24. The van der Waals surface area contributed by atoms with E-state index in [1.807, 2.05) is 30.6 Å². The summed E-state index contributed by atoms with van der Waals surface area (Å²) in [6.45, 7) is 4.44. The molecular formula is C28H27FN2. The van der Waals surface area contributed by atoms with Crippen molar-refractivity contribution < 1.29 is 4.39 Å². The van der Waals surface area contributed by atoms with Crippen molar-refractivity contribution in [1.82, 2.24) is 9.97 Å². The smallest absolute Gasteiger partial charge is 0.123 e. The Morgan fingerprint density at radius 3 is 1.97 bits per heavy atom. The number of nitrogens with zero attached hydrogens (tertiary/aromatic N) is 2. The molecule has 0 saturated carbocycles. The summed E-state index contributed by atoms with van der Waals surface area (Å²) in [7, 11) is 0. The molecule has 2 aromatic carbocycles. The van der Waals surface area contributed by atoms with Crippen LogP contribution < -0.4 is 0 Å². The van der Waals surface area contributed by atoms with E-state index < -0.39 is 0 Å². The highest BCUT2D eigenvalue weighted by Crippen LogP contribution is 2.33. The van der Waals surface area contributed by atoms with E-state index in [1.54, 1.807) is 24.5 Å². The van der Waals surface area contributed by atoms with E-state index in [1.165, 1.54) is 5.56 Å². The van der Waals surface area contributed by atoms with Crippen molar-refractivity contribution in [3.8, 4) is 11.1 Å². The Labute approximate surface area is 183 Å². The number of benzene rings is 2. The van der Waals surface area contributed by atoms with Crippen LogP contribution in [0, 0.1) is 11.7 Å². The highest BCUT2D eigenvalue weighted by Gasteiger charge is 2.18. The molecule has 0 aliphatic rings. The fourth-order valence-corrected chi connectivity index (χ4v) is 4.10. The standard InChI is InChI=1S/C28H27FN2/c1-20(2)15-21-7-9-22(10-8-21)28-17-26(29)12-11-23(28)16-27(24-5-3-13-30-18-24)25-6-4-14-31-19-25/h3-14,17-20,27H,15-16H2,1-2H3. The van der Waals surface area contributed by atoms with Crippen molar-refractivity contribution >= 4 is 0 Å². The molecule has 0 unspecified atom stereocenters. The molecule has 3 heteroatoms. The Morgan fingerprint density at radius 1 is 0.774 bits per heavy atom. The predicted molar refractivity (Wildman–Crippen MR) is 124 cm³/mol. The zero-order valence-corrected chi connectivity index (χ0v) is 18.0. The van der Waals surface area contributed by atoms with Gasteiger partial charge in [-0.25, -0.2) is 4.39 Å². The molecule has 0 saturated heterocycles. The van der Waals surface area contributed by atoms with Crippen LogP contribution in [-0.2, 0) is 12.8 Å². The lowest BCUT2D eigenvalue weighted by Crippen LogP contribution is -2.07. The van der Waals surface area contributed by atoms with Gasteiger partial charge in [0.2, 0.25) is 0 Å². The molecule has 156 valence electrons. The normalized spacial score (nSPS) is 11.3. The van der Waals surface area contributed by atoms with E-state index in [4.69, 9.17) is 0 Å². The van der Waals surface area contributed by atoms with Crippen LogP contribution >= 0.6 is 0 Å². The summed E-state index contributed by atoms with van der Waals surface area (Å²) in [5.41, 5.74) is 6.64. The molecule has 0 N–H and O–H groups in total. The van der Waals surface area contributed by atoms with Crippen LogP contribution in [0.15, 0.2) is 91.5 Å². The second-order valence-electron chi connectivity index (χ2n) is 8.43. The summed E-state index contributed by atoms with van der Waals surface area (Å²) in [4.78, 5) is 8.64. The maximum atomic E-state index is 14.2. The van der Waals surface area contributed by atoms with Crippen molar-refractivity contribution in [3.05, 3.63) is 120 Å². The molecule has 0 spiro atoms. The Morgan fingerprint density at radius 2 is 1.42 bits per heavy atom. The van der Waals surface area contributed by atoms with Gasteiger partial charge < -0.3 is 0 Å². The fraction of sp³-hybridized carbons (Fsp3) is 0.214. The minimum absolute atomic E-state index is 0.0897. The van der Waals surface area contributed by atoms with Crippen molar-refractivity contribution in [1.29, 1.82) is 0 Å². The van der Waals surface area contributed by atoms with Crippen molar-refractivity contribution in [3.63, 3.8) is 0 Å². The summed E-state index contributed by atoms with van der Waals surface area (Å²) < 4.78 is 14.2. The van der Waals surface area contributed by atoms with Gasteiger partial charge in [-0.15, -0.1) is 0 Å². The Bertz CT molecular complexity index is 1070.